The van der Waals surface area contributed by atoms with E-state index in [2.05, 4.69) is 4.90 Å². The van der Waals surface area contributed by atoms with Crippen molar-refractivity contribution in [2.24, 2.45) is 0 Å². The number of rotatable bonds is 4. The van der Waals surface area contributed by atoms with Gasteiger partial charge in [-0.3, -0.25) is 4.90 Å². The van der Waals surface area contributed by atoms with Gasteiger partial charge in [0.2, 0.25) is 0 Å². The van der Waals surface area contributed by atoms with Crippen molar-refractivity contribution >= 4 is 5.97 Å². The number of carbonyl (C=O) groups excluding carboxylic acids is 1. The second-order valence-electron chi connectivity index (χ2n) is 6.68. The van der Waals surface area contributed by atoms with E-state index in [1.807, 2.05) is 0 Å². The Kier molecular flexibility index (Phi) is 6.79. The zero-order valence-corrected chi connectivity index (χ0v) is 13.7. The van der Waals surface area contributed by atoms with Crippen LogP contribution in [0, 0.1) is 0 Å². The van der Waals surface area contributed by atoms with E-state index < -0.39 is 11.5 Å². The summed E-state index contributed by atoms with van der Waals surface area (Å²) in [4.78, 5) is 13.8. The molecule has 0 N–H and O–H groups in total. The number of hydrogen-bond acceptors (Lipinski definition) is 5. The maximum Gasteiger partial charge on any atom is 1.00 e. The zero-order chi connectivity index (χ0) is 14.7. The number of carbonyl (C=O) groups is 1. The first kappa shape index (κ1) is 18.3. The number of aliphatic carboxylic acids is 1. The summed E-state index contributed by atoms with van der Waals surface area (Å²) < 4.78 is 11.5. The van der Waals surface area contributed by atoms with Crippen molar-refractivity contribution in [2.45, 2.75) is 69.1 Å². The molecule has 0 spiro atoms. The van der Waals surface area contributed by atoms with Gasteiger partial charge in [0.25, 0.3) is 0 Å². The third kappa shape index (κ3) is 3.88. The molecule has 6 heteroatoms. The van der Waals surface area contributed by atoms with Crippen LogP contribution in [0.15, 0.2) is 0 Å². The van der Waals surface area contributed by atoms with E-state index in [0.29, 0.717) is 32.2 Å². The molecule has 3 fully saturated rings. The normalized spacial score (nSPS) is 29.9. The fourth-order valence-corrected chi connectivity index (χ4v) is 4.06. The maximum absolute atomic E-state index is 11.7. The van der Waals surface area contributed by atoms with Crippen LogP contribution in [0.3, 0.4) is 0 Å². The van der Waals surface area contributed by atoms with Crippen molar-refractivity contribution in [1.82, 2.24) is 4.90 Å². The van der Waals surface area contributed by atoms with Crippen molar-refractivity contribution in [2.75, 3.05) is 26.3 Å². The first-order valence-electron chi connectivity index (χ1n) is 8.40. The van der Waals surface area contributed by atoms with Gasteiger partial charge in [-0.05, 0) is 32.1 Å². The molecule has 1 saturated carbocycles. The van der Waals surface area contributed by atoms with E-state index in [1.165, 1.54) is 19.3 Å². The smallest absolute Gasteiger partial charge is 0.548 e. The Morgan fingerprint density at radius 3 is 2.41 bits per heavy atom. The summed E-state index contributed by atoms with van der Waals surface area (Å²) in [6, 6.07) is 0. The molecular weight excluding hydrogens is 277 g/mol. The SMILES string of the molecule is O=C([O-])C1(N2CC[C@@H](OC3CCCCC3)C2)CCOCC1.[Li+]. The molecule has 1 aliphatic carbocycles. The van der Waals surface area contributed by atoms with Crippen LogP contribution < -0.4 is 24.0 Å². The van der Waals surface area contributed by atoms with Crippen LogP contribution in [0.1, 0.15) is 51.4 Å². The van der Waals surface area contributed by atoms with E-state index in [4.69, 9.17) is 9.47 Å². The van der Waals surface area contributed by atoms with Crippen LogP contribution in [-0.4, -0.2) is 54.9 Å². The summed E-state index contributed by atoms with van der Waals surface area (Å²) in [5.74, 6) is -0.941. The van der Waals surface area contributed by atoms with Crippen LogP contribution in [0.25, 0.3) is 0 Å². The van der Waals surface area contributed by atoms with Crippen LogP contribution in [0.2, 0.25) is 0 Å². The average Bonchev–Trinajstić information content (AvgIpc) is 2.98. The number of carboxylic acid groups (broad SMARTS) is 1. The fraction of sp³-hybridized carbons (Fsp3) is 0.938. The molecule has 0 unspecified atom stereocenters. The van der Waals surface area contributed by atoms with Crippen molar-refractivity contribution in [1.29, 1.82) is 0 Å². The predicted molar refractivity (Wildman–Crippen MR) is 75.7 cm³/mol. The Bertz CT molecular complexity index is 367. The molecule has 1 atom stereocenters. The monoisotopic (exact) mass is 303 g/mol. The molecule has 0 amide bonds. The van der Waals surface area contributed by atoms with E-state index in [-0.39, 0.29) is 25.0 Å². The predicted octanol–water partition coefficient (Wildman–Crippen LogP) is -2.29. The number of hydrogen-bond donors (Lipinski definition) is 0. The largest absolute Gasteiger partial charge is 1.00 e. The Morgan fingerprint density at radius 2 is 1.77 bits per heavy atom. The quantitative estimate of drug-likeness (QED) is 0.547. The van der Waals surface area contributed by atoms with Gasteiger partial charge in [0.1, 0.15) is 0 Å². The molecule has 0 aromatic heterocycles. The minimum absolute atomic E-state index is 0. The Morgan fingerprint density at radius 1 is 1.09 bits per heavy atom. The number of carboxylic acids is 1. The molecular formula is C16H26LiNO4. The average molecular weight is 303 g/mol. The summed E-state index contributed by atoms with van der Waals surface area (Å²) in [5.41, 5.74) is -0.830. The van der Waals surface area contributed by atoms with Crippen molar-refractivity contribution in [3.05, 3.63) is 0 Å². The number of nitrogens with zero attached hydrogens (tertiary/aromatic N) is 1. The summed E-state index contributed by atoms with van der Waals surface area (Å²) in [5, 5.41) is 11.7. The third-order valence-electron chi connectivity index (χ3n) is 5.39. The Balaban J connectivity index is 0.00000176. The molecule has 22 heavy (non-hydrogen) atoms. The minimum Gasteiger partial charge on any atom is -0.548 e. The standard InChI is InChI=1S/C16H27NO4.Li/c18-15(19)16(7-10-20-11-8-16)17-9-6-14(12-17)21-13-4-2-1-3-5-13;/h13-14H,1-12H2,(H,18,19);/q;+1/p-1/t14-;/m1./s1. The summed E-state index contributed by atoms with van der Waals surface area (Å²) in [6.07, 6.45) is 8.76. The molecule has 3 rings (SSSR count). The third-order valence-corrected chi connectivity index (χ3v) is 5.39. The van der Waals surface area contributed by atoms with Gasteiger partial charge < -0.3 is 19.4 Å². The van der Waals surface area contributed by atoms with Gasteiger partial charge in [0.05, 0.1) is 23.7 Å². The molecule has 0 aromatic carbocycles. The van der Waals surface area contributed by atoms with E-state index in [1.54, 1.807) is 0 Å². The van der Waals surface area contributed by atoms with Crippen LogP contribution in [0.4, 0.5) is 0 Å². The van der Waals surface area contributed by atoms with E-state index in [9.17, 15) is 9.90 Å². The molecule has 2 aliphatic heterocycles. The molecule has 5 nitrogen and oxygen atoms in total. The topological polar surface area (TPSA) is 61.8 Å². The summed E-state index contributed by atoms with van der Waals surface area (Å²) >= 11 is 0. The van der Waals surface area contributed by atoms with Crippen molar-refractivity contribution in [3.63, 3.8) is 0 Å². The van der Waals surface area contributed by atoms with E-state index >= 15 is 0 Å². The molecule has 3 aliphatic rings. The zero-order valence-electron chi connectivity index (χ0n) is 13.7. The second-order valence-corrected chi connectivity index (χ2v) is 6.68. The molecule has 120 valence electrons. The van der Waals surface area contributed by atoms with Crippen LogP contribution >= 0.6 is 0 Å². The van der Waals surface area contributed by atoms with Crippen molar-refractivity contribution < 1.29 is 38.2 Å². The molecule has 0 radical (unpaired) electrons. The van der Waals surface area contributed by atoms with Gasteiger partial charge in [-0.25, -0.2) is 0 Å². The van der Waals surface area contributed by atoms with Gasteiger partial charge in [0, 0.05) is 26.3 Å². The fourth-order valence-electron chi connectivity index (χ4n) is 4.06. The minimum atomic E-state index is -0.941. The molecule has 2 heterocycles. The van der Waals surface area contributed by atoms with Gasteiger partial charge in [-0.1, -0.05) is 19.3 Å². The van der Waals surface area contributed by atoms with Gasteiger partial charge in [-0.2, -0.15) is 0 Å². The van der Waals surface area contributed by atoms with Crippen LogP contribution in [-0.2, 0) is 14.3 Å². The number of ether oxygens (including phenoxy) is 2. The second kappa shape index (κ2) is 8.17. The first-order valence-corrected chi connectivity index (χ1v) is 8.40. The van der Waals surface area contributed by atoms with Gasteiger partial charge >= 0.3 is 18.9 Å². The Hall–Kier alpha value is -0.0526. The van der Waals surface area contributed by atoms with Gasteiger partial charge in [0.15, 0.2) is 0 Å². The summed E-state index contributed by atoms with van der Waals surface area (Å²) in [6.45, 7) is 2.55. The Labute approximate surface area is 144 Å². The molecule has 0 aromatic rings. The van der Waals surface area contributed by atoms with E-state index in [0.717, 1.165) is 32.4 Å². The summed E-state index contributed by atoms with van der Waals surface area (Å²) in [7, 11) is 0. The van der Waals surface area contributed by atoms with Gasteiger partial charge in [-0.15, -0.1) is 0 Å². The van der Waals surface area contributed by atoms with Crippen LogP contribution in [0.5, 0.6) is 0 Å². The maximum atomic E-state index is 11.7. The number of likely N-dealkylation sites (tertiary alicyclic amines) is 1. The first-order chi connectivity index (χ1) is 10.2. The molecule has 0 bridgehead atoms. The molecule has 2 saturated heterocycles. The van der Waals surface area contributed by atoms with Crippen molar-refractivity contribution in [3.8, 4) is 0 Å².